The van der Waals surface area contributed by atoms with Crippen LogP contribution in [0.15, 0.2) is 24.5 Å². The number of aromatic nitrogens is 3. The molecule has 4 heterocycles. The van der Waals surface area contributed by atoms with E-state index < -0.39 is 36.4 Å². The summed E-state index contributed by atoms with van der Waals surface area (Å²) in [6, 6.07) is 2.23. The first-order chi connectivity index (χ1) is 18.9. The van der Waals surface area contributed by atoms with Crippen LogP contribution in [0.2, 0.25) is 0 Å². The number of hydrogen-bond donors (Lipinski definition) is 2. The van der Waals surface area contributed by atoms with Crippen molar-refractivity contribution in [1.29, 1.82) is 0 Å². The lowest BCUT2D eigenvalue weighted by Gasteiger charge is -2.45. The Morgan fingerprint density at radius 1 is 1.00 bits per heavy atom. The number of piperazine rings is 1. The van der Waals surface area contributed by atoms with Crippen LogP contribution in [0.4, 0.5) is 32.2 Å². The second kappa shape index (κ2) is 12.3. The number of carbonyl (C=O) groups is 3. The molecule has 1 amide bonds. The summed E-state index contributed by atoms with van der Waals surface area (Å²) in [6.07, 6.45) is -6.25. The van der Waals surface area contributed by atoms with Crippen LogP contribution in [0, 0.1) is 0 Å². The highest BCUT2D eigenvalue weighted by molar-refractivity contribution is 6.27. The number of fused-ring (bicyclic) bond motifs is 1. The number of pyridine rings is 1. The van der Waals surface area contributed by atoms with Crippen LogP contribution >= 0.6 is 0 Å². The van der Waals surface area contributed by atoms with Crippen molar-refractivity contribution in [3.05, 3.63) is 41.3 Å². The van der Waals surface area contributed by atoms with Gasteiger partial charge < -0.3 is 20.0 Å². The number of halogens is 6. The summed E-state index contributed by atoms with van der Waals surface area (Å²) in [5.41, 5.74) is 0.394. The fourth-order valence-corrected chi connectivity index (χ4v) is 4.70. The summed E-state index contributed by atoms with van der Waals surface area (Å²) in [6.45, 7) is 4.43. The van der Waals surface area contributed by atoms with Gasteiger partial charge in [-0.15, -0.1) is 0 Å². The van der Waals surface area contributed by atoms with Crippen molar-refractivity contribution in [2.75, 3.05) is 31.1 Å². The molecule has 4 rings (SSSR count). The van der Waals surface area contributed by atoms with Gasteiger partial charge >= 0.3 is 24.3 Å². The molecule has 1 saturated heterocycles. The van der Waals surface area contributed by atoms with Gasteiger partial charge in [-0.2, -0.15) is 31.4 Å². The maximum atomic E-state index is 13.0. The highest BCUT2D eigenvalue weighted by Gasteiger charge is 2.35. The van der Waals surface area contributed by atoms with Crippen LogP contribution in [-0.2, 0) is 40.1 Å². The molecule has 0 radical (unpaired) electrons. The van der Waals surface area contributed by atoms with E-state index in [1.54, 1.807) is 4.90 Å². The van der Waals surface area contributed by atoms with Crippen LogP contribution in [0.25, 0.3) is 0 Å². The fraction of sp³-hybridized carbons (Fsp3) is 0.542. The van der Waals surface area contributed by atoms with Gasteiger partial charge in [0.2, 0.25) is 5.91 Å². The van der Waals surface area contributed by atoms with Gasteiger partial charge in [-0.25, -0.2) is 14.6 Å². The lowest BCUT2D eigenvalue weighted by atomic mass is 10.1. The number of hydrogen-bond acceptors (Lipinski definition) is 7. The number of amides is 1. The molecule has 0 saturated carbocycles. The van der Waals surface area contributed by atoms with E-state index in [0.717, 1.165) is 16.9 Å². The van der Waals surface area contributed by atoms with E-state index in [1.165, 1.54) is 12.3 Å². The quantitative estimate of drug-likeness (QED) is 0.405. The molecule has 1 fully saturated rings. The van der Waals surface area contributed by atoms with Crippen LogP contribution in [0.1, 0.15) is 30.7 Å². The maximum absolute atomic E-state index is 13.0. The van der Waals surface area contributed by atoms with Crippen molar-refractivity contribution in [1.82, 2.24) is 24.6 Å². The maximum Gasteiger partial charge on any atom is 0.417 e. The van der Waals surface area contributed by atoms with Crippen molar-refractivity contribution in [3.63, 3.8) is 0 Å². The molecule has 2 aliphatic heterocycles. The largest absolute Gasteiger partial charge is 0.473 e. The Kier molecular flexibility index (Phi) is 9.51. The van der Waals surface area contributed by atoms with Crippen molar-refractivity contribution >= 4 is 23.7 Å². The third kappa shape index (κ3) is 8.55. The number of aliphatic carboxylic acids is 2. The van der Waals surface area contributed by atoms with Gasteiger partial charge in [0.05, 0.1) is 17.8 Å². The Balaban J connectivity index is 0.000000696. The molecular formula is C24H28F6N6O5. The number of nitrogens with zero attached hydrogens (tertiary/aromatic N) is 6. The van der Waals surface area contributed by atoms with Crippen molar-refractivity contribution in [2.45, 2.75) is 57.8 Å². The van der Waals surface area contributed by atoms with Gasteiger partial charge in [0.1, 0.15) is 12.4 Å². The van der Waals surface area contributed by atoms with Crippen LogP contribution < -0.4 is 4.90 Å². The molecule has 17 heteroatoms. The predicted octanol–water partition coefficient (Wildman–Crippen LogP) is 2.50. The second-order valence-electron chi connectivity index (χ2n) is 9.77. The minimum absolute atomic E-state index is 0.0679. The number of rotatable bonds is 4. The summed E-state index contributed by atoms with van der Waals surface area (Å²) in [4.78, 5) is 40.8. The standard InChI is InChI=1S/C22H26F6N6O.C2H2O4/c1-14-8-32(19-4-3-17(7-29-19)22(26,27)28)9-15(2)34(14)12-20(35)31-6-5-18-16(10-31)11-33(30-18)13-21(23,24)25;3-1(4)2(5)6/h3-4,7,11,14-15H,5-6,8-10,12-13H2,1-2H3;(H,3,4)(H,5,6)/t14-,15+;. The number of alkyl halides is 6. The molecular weight excluding hydrogens is 566 g/mol. The minimum Gasteiger partial charge on any atom is -0.473 e. The average molecular weight is 595 g/mol. The normalized spacial score (nSPS) is 19.7. The zero-order valence-electron chi connectivity index (χ0n) is 22.0. The Labute approximate surface area is 229 Å². The Bertz CT molecular complexity index is 1230. The van der Waals surface area contributed by atoms with E-state index >= 15 is 0 Å². The van der Waals surface area contributed by atoms with E-state index in [1.807, 2.05) is 23.6 Å². The molecule has 0 aromatic carbocycles. The average Bonchev–Trinajstić information content (AvgIpc) is 3.25. The SMILES string of the molecule is C[C@@H]1CN(c2ccc(C(F)(F)F)cn2)C[C@H](C)N1CC(=O)N1CCc2nn(CC(F)(F)F)cc2C1.O=C(O)C(=O)O. The summed E-state index contributed by atoms with van der Waals surface area (Å²) in [5, 5.41) is 18.8. The monoisotopic (exact) mass is 594 g/mol. The molecule has 2 atom stereocenters. The first kappa shape index (κ1) is 31.6. The molecule has 2 aromatic rings. The van der Waals surface area contributed by atoms with Gasteiger partial charge in [0, 0.05) is 62.6 Å². The lowest BCUT2D eigenvalue weighted by molar-refractivity contribution is -0.159. The summed E-state index contributed by atoms with van der Waals surface area (Å²) in [5.74, 6) is -3.33. The van der Waals surface area contributed by atoms with E-state index in [0.29, 0.717) is 43.1 Å². The van der Waals surface area contributed by atoms with Crippen LogP contribution in [0.3, 0.4) is 0 Å². The summed E-state index contributed by atoms with van der Waals surface area (Å²) < 4.78 is 77.3. The van der Waals surface area contributed by atoms with Crippen LogP contribution in [-0.4, -0.2) is 97.1 Å². The van der Waals surface area contributed by atoms with Gasteiger partial charge in [-0.05, 0) is 26.0 Å². The highest BCUT2D eigenvalue weighted by Crippen LogP contribution is 2.30. The van der Waals surface area contributed by atoms with Gasteiger partial charge in [0.25, 0.3) is 0 Å². The Hall–Kier alpha value is -3.89. The zero-order valence-corrected chi connectivity index (χ0v) is 22.0. The van der Waals surface area contributed by atoms with E-state index in [2.05, 4.69) is 10.1 Å². The molecule has 2 N–H and O–H groups in total. The van der Waals surface area contributed by atoms with E-state index in [-0.39, 0.29) is 31.1 Å². The lowest BCUT2D eigenvalue weighted by Crippen LogP contribution is -2.59. The fourth-order valence-electron chi connectivity index (χ4n) is 4.70. The van der Waals surface area contributed by atoms with Gasteiger partial charge in [0.15, 0.2) is 0 Å². The molecule has 11 nitrogen and oxygen atoms in total. The number of anilines is 1. The Morgan fingerprint density at radius 3 is 2.10 bits per heavy atom. The van der Waals surface area contributed by atoms with Crippen LogP contribution in [0.5, 0.6) is 0 Å². The first-order valence-electron chi connectivity index (χ1n) is 12.3. The molecule has 0 bridgehead atoms. The number of carbonyl (C=O) groups excluding carboxylic acids is 1. The second-order valence-corrected chi connectivity index (χ2v) is 9.77. The van der Waals surface area contributed by atoms with Crippen molar-refractivity contribution in [3.8, 4) is 0 Å². The zero-order chi connectivity index (χ0) is 30.7. The van der Waals surface area contributed by atoms with Crippen molar-refractivity contribution in [2.24, 2.45) is 0 Å². The molecule has 0 unspecified atom stereocenters. The van der Waals surface area contributed by atoms with Gasteiger partial charge in [-0.3, -0.25) is 14.4 Å². The van der Waals surface area contributed by atoms with E-state index in [4.69, 9.17) is 19.8 Å². The third-order valence-corrected chi connectivity index (χ3v) is 6.60. The Morgan fingerprint density at radius 2 is 1.61 bits per heavy atom. The molecule has 41 heavy (non-hydrogen) atoms. The first-order valence-corrected chi connectivity index (χ1v) is 12.3. The molecule has 0 aliphatic carbocycles. The predicted molar refractivity (Wildman–Crippen MR) is 130 cm³/mol. The minimum atomic E-state index is -4.45. The smallest absolute Gasteiger partial charge is 0.417 e. The summed E-state index contributed by atoms with van der Waals surface area (Å²) >= 11 is 0. The summed E-state index contributed by atoms with van der Waals surface area (Å²) in [7, 11) is 0. The van der Waals surface area contributed by atoms with Crippen molar-refractivity contribution < 1.29 is 50.9 Å². The number of carboxylic acids is 2. The van der Waals surface area contributed by atoms with Gasteiger partial charge in [-0.1, -0.05) is 0 Å². The molecule has 226 valence electrons. The van der Waals surface area contributed by atoms with E-state index in [9.17, 15) is 31.1 Å². The molecule has 2 aromatic heterocycles. The molecule has 0 spiro atoms. The number of carboxylic acid groups (broad SMARTS) is 2. The highest BCUT2D eigenvalue weighted by atomic mass is 19.4. The topological polar surface area (TPSA) is 132 Å². The third-order valence-electron chi connectivity index (χ3n) is 6.60. The molecule has 2 aliphatic rings.